The van der Waals surface area contributed by atoms with E-state index < -0.39 is 11.8 Å². The smallest absolute Gasteiger partial charge is 0.339 e. The minimum Gasteiger partial charge on any atom is -0.478 e. The lowest BCUT2D eigenvalue weighted by atomic mass is 10.2. The summed E-state index contributed by atoms with van der Waals surface area (Å²) in [6.45, 7) is 0. The number of benzene rings is 1. The van der Waals surface area contributed by atoms with Gasteiger partial charge in [-0.3, -0.25) is 4.98 Å². The fourth-order valence-electron chi connectivity index (χ4n) is 1.48. The number of hydrogen-bond acceptors (Lipinski definition) is 5. The lowest BCUT2D eigenvalue weighted by Gasteiger charge is -2.14. The second kappa shape index (κ2) is 6.87. The van der Waals surface area contributed by atoms with Crippen LogP contribution in [0.15, 0.2) is 30.6 Å². The molecule has 0 amide bonds. The number of nitrogens with zero attached hydrogens (tertiary/aromatic N) is 1. The number of aromatic nitrogens is 1. The summed E-state index contributed by atoms with van der Waals surface area (Å²) < 4.78 is 14.4. The first kappa shape index (κ1) is 15.7. The zero-order valence-corrected chi connectivity index (χ0v) is 13.2. The van der Waals surface area contributed by atoms with Gasteiger partial charge in [0.15, 0.2) is 0 Å². The Morgan fingerprint density at radius 3 is 2.76 bits per heavy atom. The third kappa shape index (κ3) is 3.93. The number of hydrogen-bond donors (Lipinski definition) is 4. The highest BCUT2D eigenvalue weighted by Gasteiger charge is 2.13. The van der Waals surface area contributed by atoms with E-state index in [9.17, 15) is 9.18 Å². The van der Waals surface area contributed by atoms with Crippen LogP contribution in [0.3, 0.4) is 0 Å². The normalized spacial score (nSPS) is 10.2. The molecule has 0 unspecified atom stereocenters. The Morgan fingerprint density at radius 1 is 1.33 bits per heavy atom. The summed E-state index contributed by atoms with van der Waals surface area (Å²) in [6, 6.07) is 4.61. The molecule has 21 heavy (non-hydrogen) atoms. The number of hydrazine groups is 2. The van der Waals surface area contributed by atoms with Crippen molar-refractivity contribution in [3.8, 4) is 0 Å². The molecule has 0 spiro atoms. The average molecular weight is 423 g/mol. The molecule has 1 aromatic carbocycles. The summed E-state index contributed by atoms with van der Waals surface area (Å²) in [5.41, 5.74) is 7.85. The van der Waals surface area contributed by atoms with Crippen molar-refractivity contribution in [1.29, 1.82) is 0 Å². The summed E-state index contributed by atoms with van der Waals surface area (Å²) in [5.74, 6) is -1.63. The molecule has 9 heteroatoms. The predicted molar refractivity (Wildman–Crippen MR) is 85.7 cm³/mol. The molecule has 0 atom stereocenters. The maximum Gasteiger partial charge on any atom is 0.339 e. The molecule has 0 aliphatic rings. The lowest BCUT2D eigenvalue weighted by Crippen LogP contribution is -2.29. The summed E-state index contributed by atoms with van der Waals surface area (Å²) in [4.78, 5) is 14.7. The molecule has 0 aliphatic heterocycles. The van der Waals surface area contributed by atoms with Gasteiger partial charge in [0.25, 0.3) is 0 Å². The van der Waals surface area contributed by atoms with E-state index in [1.165, 1.54) is 18.3 Å². The average Bonchev–Trinajstić information content (AvgIpc) is 2.42. The molecule has 0 aliphatic carbocycles. The molecule has 110 valence electrons. The Labute approximate surface area is 137 Å². The highest BCUT2D eigenvalue weighted by molar-refractivity contribution is 14.1. The number of anilines is 2. The summed E-state index contributed by atoms with van der Waals surface area (Å²) in [5, 5.41) is 9.15. The number of rotatable bonds is 5. The molecular weight excluding hydrogens is 414 g/mol. The maximum absolute atomic E-state index is 13.6. The molecule has 1 heterocycles. The minimum atomic E-state index is -1.19. The van der Waals surface area contributed by atoms with E-state index >= 15 is 0 Å². The van der Waals surface area contributed by atoms with Crippen LogP contribution in [0.2, 0.25) is 5.02 Å². The first-order valence-electron chi connectivity index (χ1n) is 5.58. The van der Waals surface area contributed by atoms with E-state index in [1.807, 2.05) is 22.6 Å². The fraction of sp³-hybridized carbons (Fsp3) is 0. The molecule has 0 fully saturated rings. The molecular formula is C12H9ClFIN4O2. The van der Waals surface area contributed by atoms with Crippen LogP contribution in [-0.4, -0.2) is 16.1 Å². The Hall–Kier alpha value is -1.65. The van der Waals surface area contributed by atoms with Crippen molar-refractivity contribution in [3.05, 3.63) is 50.6 Å². The Balaban J connectivity index is 2.09. The number of aromatic carboxylic acids is 1. The lowest BCUT2D eigenvalue weighted by molar-refractivity contribution is 0.0697. The van der Waals surface area contributed by atoms with Crippen LogP contribution < -0.4 is 16.4 Å². The number of halogens is 3. The van der Waals surface area contributed by atoms with Gasteiger partial charge in [-0.05, 0) is 40.8 Å². The van der Waals surface area contributed by atoms with Gasteiger partial charge in [0.05, 0.1) is 16.4 Å². The number of nitrogens with one attached hydrogen (secondary N) is 3. The van der Waals surface area contributed by atoms with Crippen LogP contribution in [0.5, 0.6) is 0 Å². The standard InChI is InChI=1S/C12H9ClFIN4O2/c13-8-5-16-4-7(12(20)21)11(8)18-19-17-10-2-1-6(15)3-9(10)14/h1-5,17,19H,(H,16,18)(H,20,21). The van der Waals surface area contributed by atoms with Crippen molar-refractivity contribution in [1.82, 2.24) is 10.5 Å². The monoisotopic (exact) mass is 422 g/mol. The largest absolute Gasteiger partial charge is 0.478 e. The van der Waals surface area contributed by atoms with Gasteiger partial charge in [0.1, 0.15) is 11.4 Å². The highest BCUT2D eigenvalue weighted by Crippen LogP contribution is 2.24. The van der Waals surface area contributed by atoms with Gasteiger partial charge in [-0.15, -0.1) is 5.53 Å². The van der Waals surface area contributed by atoms with E-state index in [0.717, 1.165) is 9.77 Å². The predicted octanol–water partition coefficient (Wildman–Crippen LogP) is 3.12. The van der Waals surface area contributed by atoms with Crippen LogP contribution in [-0.2, 0) is 0 Å². The molecule has 0 radical (unpaired) electrons. The van der Waals surface area contributed by atoms with E-state index in [4.69, 9.17) is 16.7 Å². The van der Waals surface area contributed by atoms with Gasteiger partial charge in [0, 0.05) is 16.0 Å². The summed E-state index contributed by atoms with van der Waals surface area (Å²) in [7, 11) is 0. The van der Waals surface area contributed by atoms with Crippen molar-refractivity contribution >= 4 is 51.5 Å². The molecule has 1 aromatic heterocycles. The van der Waals surface area contributed by atoms with Crippen molar-refractivity contribution < 1.29 is 14.3 Å². The first-order valence-corrected chi connectivity index (χ1v) is 7.03. The van der Waals surface area contributed by atoms with Crippen molar-refractivity contribution in [2.75, 3.05) is 10.9 Å². The number of carbonyl (C=O) groups is 1. The summed E-state index contributed by atoms with van der Waals surface area (Å²) in [6.07, 6.45) is 2.45. The third-order valence-corrected chi connectivity index (χ3v) is 3.40. The Kier molecular flexibility index (Phi) is 5.15. The van der Waals surface area contributed by atoms with E-state index in [-0.39, 0.29) is 22.0 Å². The van der Waals surface area contributed by atoms with Gasteiger partial charge in [0.2, 0.25) is 0 Å². The van der Waals surface area contributed by atoms with Gasteiger partial charge < -0.3 is 16.0 Å². The topological polar surface area (TPSA) is 86.3 Å². The SMILES string of the molecule is O=C(O)c1cncc(Cl)c1NNNc1ccc(I)cc1F. The molecule has 4 N–H and O–H groups in total. The van der Waals surface area contributed by atoms with Gasteiger partial charge >= 0.3 is 5.97 Å². The quantitative estimate of drug-likeness (QED) is 0.438. The second-order valence-corrected chi connectivity index (χ2v) is 5.50. The highest BCUT2D eigenvalue weighted by atomic mass is 127. The molecule has 0 bridgehead atoms. The molecule has 0 saturated carbocycles. The van der Waals surface area contributed by atoms with Gasteiger partial charge in [-0.1, -0.05) is 11.6 Å². The first-order chi connectivity index (χ1) is 9.99. The molecule has 0 saturated heterocycles. The second-order valence-electron chi connectivity index (χ2n) is 3.85. The van der Waals surface area contributed by atoms with Crippen LogP contribution >= 0.6 is 34.2 Å². The number of carboxylic acid groups (broad SMARTS) is 1. The number of pyridine rings is 1. The van der Waals surface area contributed by atoms with Crippen molar-refractivity contribution in [2.24, 2.45) is 0 Å². The van der Waals surface area contributed by atoms with Gasteiger partial charge in [-0.25, -0.2) is 9.18 Å². The zero-order valence-electron chi connectivity index (χ0n) is 10.3. The fourth-order valence-corrected chi connectivity index (χ4v) is 2.13. The van der Waals surface area contributed by atoms with Gasteiger partial charge in [-0.2, -0.15) is 0 Å². The van der Waals surface area contributed by atoms with Crippen molar-refractivity contribution in [2.45, 2.75) is 0 Å². The van der Waals surface area contributed by atoms with E-state index in [2.05, 4.69) is 21.4 Å². The summed E-state index contributed by atoms with van der Waals surface area (Å²) >= 11 is 7.87. The number of carboxylic acids is 1. The van der Waals surface area contributed by atoms with E-state index in [1.54, 1.807) is 6.07 Å². The van der Waals surface area contributed by atoms with Crippen LogP contribution in [0.1, 0.15) is 10.4 Å². The maximum atomic E-state index is 13.6. The van der Waals surface area contributed by atoms with Crippen LogP contribution in [0.25, 0.3) is 0 Å². The minimum absolute atomic E-state index is 0.111. The molecule has 2 rings (SSSR count). The van der Waals surface area contributed by atoms with Crippen LogP contribution in [0.4, 0.5) is 15.8 Å². The molecule has 2 aromatic rings. The Morgan fingerprint density at radius 2 is 2.10 bits per heavy atom. The van der Waals surface area contributed by atoms with Crippen molar-refractivity contribution in [3.63, 3.8) is 0 Å². The van der Waals surface area contributed by atoms with E-state index in [0.29, 0.717) is 0 Å². The Bertz CT molecular complexity index is 686. The zero-order chi connectivity index (χ0) is 15.4. The molecule has 6 nitrogen and oxygen atoms in total. The van der Waals surface area contributed by atoms with Crippen LogP contribution in [0, 0.1) is 9.39 Å². The third-order valence-electron chi connectivity index (χ3n) is 2.45.